The second-order valence-corrected chi connectivity index (χ2v) is 13.1. The van der Waals surface area contributed by atoms with Crippen molar-refractivity contribution in [3.8, 4) is 0 Å². The van der Waals surface area contributed by atoms with Gasteiger partial charge in [-0.3, -0.25) is 9.59 Å². The molecule has 0 aromatic heterocycles. The number of aliphatic hydroxyl groups excluding tert-OH is 1. The fourth-order valence-corrected chi connectivity index (χ4v) is 8.89. The second-order valence-electron chi connectivity index (χ2n) is 13.1. The molecule has 10 atom stereocenters. The number of fused-ring (bicyclic) bond motifs is 2. The summed E-state index contributed by atoms with van der Waals surface area (Å²) in [6, 6.07) is -1.38. The minimum Gasteiger partial charge on any atom is -0.467 e. The van der Waals surface area contributed by atoms with E-state index < -0.39 is 101 Å². The van der Waals surface area contributed by atoms with E-state index in [9.17, 15) is 33.9 Å². The molecule has 0 aromatic rings. The number of rotatable bonds is 7. The smallest absolute Gasteiger partial charge is 0.348 e. The maximum absolute atomic E-state index is 13.6. The molecule has 0 aromatic carbocycles. The van der Waals surface area contributed by atoms with E-state index in [0.29, 0.717) is 11.1 Å². The van der Waals surface area contributed by atoms with Gasteiger partial charge >= 0.3 is 23.9 Å². The molecule has 4 fully saturated rings. The number of amides is 1. The number of carbonyl (C=O) groups excluding carboxylic acids is 6. The van der Waals surface area contributed by atoms with Gasteiger partial charge in [-0.05, 0) is 44.1 Å². The molecule has 3 aliphatic carbocycles. The maximum atomic E-state index is 13.6. The lowest BCUT2D eigenvalue weighted by molar-refractivity contribution is -0.269. The third kappa shape index (κ3) is 4.48. The molecule has 2 saturated heterocycles. The predicted molar refractivity (Wildman–Crippen MR) is 146 cm³/mol. The molecular formula is C30H38N2O12. The number of ketones is 1. The average Bonchev–Trinajstić information content (AvgIpc) is 3.16. The molecule has 14 heteroatoms. The van der Waals surface area contributed by atoms with Gasteiger partial charge in [-0.2, -0.15) is 0 Å². The summed E-state index contributed by atoms with van der Waals surface area (Å²) < 4.78 is 28.4. The van der Waals surface area contributed by atoms with Crippen molar-refractivity contribution in [1.29, 1.82) is 0 Å². The number of carbonyl (C=O) groups is 6. The van der Waals surface area contributed by atoms with Crippen molar-refractivity contribution in [2.45, 2.75) is 83.3 Å². The number of Topliss-reactive ketones (excluding diaryl/α,β-unsaturated/α-hetero) is 1. The van der Waals surface area contributed by atoms with Crippen molar-refractivity contribution < 1.29 is 57.6 Å². The lowest BCUT2D eigenvalue weighted by Crippen LogP contribution is -2.75. The Balaban J connectivity index is 1.61. The Morgan fingerprint density at radius 2 is 1.86 bits per heavy atom. The molecule has 14 nitrogen and oxygen atoms in total. The van der Waals surface area contributed by atoms with E-state index in [2.05, 4.69) is 0 Å². The van der Waals surface area contributed by atoms with Crippen molar-refractivity contribution in [3.05, 3.63) is 23.0 Å². The fraction of sp³-hybridized carbons (Fsp3) is 0.667. The minimum absolute atomic E-state index is 0.130. The zero-order valence-corrected chi connectivity index (χ0v) is 25.2. The number of primary amides is 1. The molecule has 1 amide bonds. The molecule has 5 N–H and O–H groups in total. The largest absolute Gasteiger partial charge is 0.467 e. The van der Waals surface area contributed by atoms with Gasteiger partial charge in [0.25, 0.3) is 0 Å². The van der Waals surface area contributed by atoms with Crippen LogP contribution in [0.3, 0.4) is 0 Å². The molecular weight excluding hydrogens is 580 g/mol. The van der Waals surface area contributed by atoms with Crippen molar-refractivity contribution in [2.75, 3.05) is 13.7 Å². The number of hydrogen-bond acceptors (Lipinski definition) is 13. The first-order valence-corrected chi connectivity index (χ1v) is 14.5. The number of ether oxygens (including phenoxy) is 5. The van der Waals surface area contributed by atoms with Crippen LogP contribution < -0.4 is 11.5 Å². The number of hydrogen-bond donors (Lipinski definition) is 3. The van der Waals surface area contributed by atoms with E-state index >= 15 is 0 Å². The van der Waals surface area contributed by atoms with Crippen LogP contribution in [-0.4, -0.2) is 84.3 Å². The first-order chi connectivity index (χ1) is 20.5. The van der Waals surface area contributed by atoms with Crippen LogP contribution in [0.1, 0.15) is 53.4 Å². The minimum atomic E-state index is -1.82. The topological polar surface area (TPSA) is 221 Å². The zero-order valence-electron chi connectivity index (χ0n) is 25.2. The fourth-order valence-electron chi connectivity index (χ4n) is 8.89. The summed E-state index contributed by atoms with van der Waals surface area (Å²) in [5, 5.41) is 11.8. The molecule has 44 heavy (non-hydrogen) atoms. The Morgan fingerprint density at radius 1 is 1.18 bits per heavy atom. The number of esters is 4. The SMILES string of the molecule is COC(=O)C12CC(O)C3C4(C)CC(=O)C(OC(=O)C(N)CC(N)=O)=C(C)C4CC4OC(=O)C(OC(=O)C=C(C)C)C1C43CO2. The summed E-state index contributed by atoms with van der Waals surface area (Å²) >= 11 is 0. The van der Waals surface area contributed by atoms with Gasteiger partial charge in [-0.15, -0.1) is 0 Å². The molecule has 5 rings (SSSR count). The normalized spacial score (nSPS) is 39.2. The molecule has 240 valence electrons. The highest BCUT2D eigenvalue weighted by molar-refractivity contribution is 5.99. The Labute approximate surface area is 253 Å². The molecule has 2 bridgehead atoms. The van der Waals surface area contributed by atoms with Crippen LogP contribution in [0, 0.1) is 28.6 Å². The van der Waals surface area contributed by atoms with E-state index in [1.165, 1.54) is 6.08 Å². The van der Waals surface area contributed by atoms with Gasteiger partial charge in [0, 0.05) is 30.3 Å². The standard InChI is InChI=1S/C30H38N2O12/c1-12(2)6-20(36)43-22-24-29-11-41-30(24,27(39)40-5)10-17(34)23(29)28(4)9-16(33)21(44-25(37)15(31)8-19(32)35)13(3)14(28)7-18(29)42-26(22)38/h6,14-15,17-18,22-24,34H,7-11,31H2,1-5H3,(H2,32,35). The third-order valence-corrected chi connectivity index (χ3v) is 10.3. The zero-order chi connectivity index (χ0) is 32.5. The third-order valence-electron chi connectivity index (χ3n) is 10.3. The summed E-state index contributed by atoms with van der Waals surface area (Å²) in [7, 11) is 1.16. The number of methoxy groups -OCH3 is 1. The average molecular weight is 619 g/mol. The van der Waals surface area contributed by atoms with Crippen LogP contribution in [-0.2, 0) is 52.5 Å². The quantitative estimate of drug-likeness (QED) is 0.190. The molecule has 2 heterocycles. The van der Waals surface area contributed by atoms with Gasteiger partial charge in [0.1, 0.15) is 12.1 Å². The first kappa shape index (κ1) is 31.8. The van der Waals surface area contributed by atoms with Crippen LogP contribution in [0.25, 0.3) is 0 Å². The van der Waals surface area contributed by atoms with Crippen LogP contribution in [0.4, 0.5) is 0 Å². The predicted octanol–water partition coefficient (Wildman–Crippen LogP) is -0.266. The summed E-state index contributed by atoms with van der Waals surface area (Å²) in [5.74, 6) is -7.47. The van der Waals surface area contributed by atoms with E-state index in [4.69, 9.17) is 35.2 Å². The van der Waals surface area contributed by atoms with Gasteiger partial charge in [0.05, 0.1) is 32.2 Å². The molecule has 10 unspecified atom stereocenters. The Hall–Kier alpha value is -3.62. The van der Waals surface area contributed by atoms with E-state index in [1.807, 2.05) is 6.92 Å². The second kappa shape index (κ2) is 10.8. The maximum Gasteiger partial charge on any atom is 0.348 e. The molecule has 1 spiro atoms. The van der Waals surface area contributed by atoms with Crippen molar-refractivity contribution in [2.24, 2.45) is 40.1 Å². The van der Waals surface area contributed by atoms with Gasteiger partial charge in [-0.25, -0.2) is 19.2 Å². The summed E-state index contributed by atoms with van der Waals surface area (Å²) in [6.07, 6.45) is -3.29. The summed E-state index contributed by atoms with van der Waals surface area (Å²) in [5.41, 5.74) is 7.85. The summed E-state index contributed by atoms with van der Waals surface area (Å²) in [6.45, 7) is 6.67. The monoisotopic (exact) mass is 618 g/mol. The highest BCUT2D eigenvalue weighted by atomic mass is 16.6. The highest BCUT2D eigenvalue weighted by Gasteiger charge is 2.82. The Kier molecular flexibility index (Phi) is 7.78. The van der Waals surface area contributed by atoms with Gasteiger partial charge in [0.2, 0.25) is 12.0 Å². The van der Waals surface area contributed by atoms with Gasteiger partial charge < -0.3 is 40.3 Å². The Morgan fingerprint density at radius 3 is 2.48 bits per heavy atom. The van der Waals surface area contributed by atoms with Crippen LogP contribution in [0.2, 0.25) is 0 Å². The number of allylic oxidation sites excluding steroid dienone is 3. The number of nitrogens with two attached hydrogens (primary N) is 2. The van der Waals surface area contributed by atoms with Crippen molar-refractivity contribution >= 4 is 35.6 Å². The van der Waals surface area contributed by atoms with E-state index in [1.54, 1.807) is 20.8 Å². The van der Waals surface area contributed by atoms with E-state index in [0.717, 1.165) is 7.11 Å². The van der Waals surface area contributed by atoms with E-state index in [-0.39, 0.29) is 31.6 Å². The lowest BCUT2D eigenvalue weighted by Gasteiger charge is -2.66. The van der Waals surface area contributed by atoms with Crippen molar-refractivity contribution in [3.63, 3.8) is 0 Å². The first-order valence-electron chi connectivity index (χ1n) is 14.5. The van der Waals surface area contributed by atoms with Gasteiger partial charge in [-0.1, -0.05) is 12.5 Å². The molecule has 5 aliphatic rings. The van der Waals surface area contributed by atoms with Crippen LogP contribution >= 0.6 is 0 Å². The van der Waals surface area contributed by atoms with Crippen LogP contribution in [0.5, 0.6) is 0 Å². The molecule has 2 saturated carbocycles. The molecule has 0 radical (unpaired) electrons. The molecule has 2 aliphatic heterocycles. The van der Waals surface area contributed by atoms with Crippen molar-refractivity contribution in [1.82, 2.24) is 0 Å². The lowest BCUT2D eigenvalue weighted by atomic mass is 9.38. The number of aliphatic hydroxyl groups is 1. The Bertz CT molecular complexity index is 1400. The highest BCUT2D eigenvalue weighted by Crippen LogP contribution is 2.72. The van der Waals surface area contributed by atoms with Crippen LogP contribution in [0.15, 0.2) is 23.0 Å². The van der Waals surface area contributed by atoms with Gasteiger partial charge in [0.15, 0.2) is 17.1 Å². The summed E-state index contributed by atoms with van der Waals surface area (Å²) in [4.78, 5) is 77.3.